The summed E-state index contributed by atoms with van der Waals surface area (Å²) < 4.78 is 1.85. The van der Waals surface area contributed by atoms with Crippen LogP contribution in [0.25, 0.3) is 0 Å². The highest BCUT2D eigenvalue weighted by atomic mass is 127. The average molecular weight is 288 g/mol. The van der Waals surface area contributed by atoms with Crippen LogP contribution in [0.3, 0.4) is 0 Å². The van der Waals surface area contributed by atoms with Gasteiger partial charge in [0.1, 0.15) is 0 Å². The first-order valence-electron chi connectivity index (χ1n) is 4.32. The molecule has 1 aromatic carbocycles. The van der Waals surface area contributed by atoms with Gasteiger partial charge in [-0.25, -0.2) is 0 Å². The molecule has 13 heavy (non-hydrogen) atoms. The van der Waals surface area contributed by atoms with E-state index in [-0.39, 0.29) is 6.10 Å². The number of benzene rings is 1. The molecule has 0 aromatic heterocycles. The Morgan fingerprint density at radius 3 is 2.62 bits per heavy atom. The van der Waals surface area contributed by atoms with Gasteiger partial charge in [-0.2, -0.15) is 0 Å². The summed E-state index contributed by atoms with van der Waals surface area (Å²) in [5.41, 5.74) is 1.28. The molecule has 1 N–H and O–H groups in total. The molecule has 0 bridgehead atoms. The molecule has 1 atom stereocenters. The molecule has 0 fully saturated rings. The normalized spacial score (nSPS) is 13.4. The first kappa shape index (κ1) is 10.7. The van der Waals surface area contributed by atoms with Crippen LogP contribution in [0.1, 0.15) is 12.0 Å². The summed E-state index contributed by atoms with van der Waals surface area (Å²) in [6.45, 7) is 0. The number of aliphatic hydroxyl groups is 1. The molecule has 1 aromatic rings. The van der Waals surface area contributed by atoms with Crippen LogP contribution in [0.2, 0.25) is 0 Å². The zero-order valence-electron chi connectivity index (χ0n) is 7.36. The predicted molar refractivity (Wildman–Crippen MR) is 63.9 cm³/mol. The third kappa shape index (κ3) is 4.43. The maximum absolute atomic E-state index is 9.42. The van der Waals surface area contributed by atoms with Crippen LogP contribution in [0, 0.1) is 0 Å². The maximum Gasteiger partial charge on any atom is 0.0731 e. The summed E-state index contributed by atoms with van der Waals surface area (Å²) in [5.74, 6) is 0. The second-order valence-corrected chi connectivity index (χ2v) is 3.63. The minimum atomic E-state index is -0.308. The topological polar surface area (TPSA) is 20.2 Å². The quantitative estimate of drug-likeness (QED) is 0.845. The van der Waals surface area contributed by atoms with Crippen LogP contribution in [-0.2, 0) is 6.42 Å². The van der Waals surface area contributed by atoms with Crippen LogP contribution >= 0.6 is 22.6 Å². The first-order valence-corrected chi connectivity index (χ1v) is 5.56. The van der Waals surface area contributed by atoms with Crippen molar-refractivity contribution in [1.82, 2.24) is 0 Å². The van der Waals surface area contributed by atoms with Gasteiger partial charge in [-0.1, -0.05) is 59.0 Å². The molecule has 1 nitrogen and oxygen atoms in total. The van der Waals surface area contributed by atoms with E-state index in [1.54, 1.807) is 0 Å². The summed E-state index contributed by atoms with van der Waals surface area (Å²) in [4.78, 5) is 0. The Bertz CT molecular complexity index is 256. The maximum atomic E-state index is 9.42. The Hall–Kier alpha value is -0.350. The fourth-order valence-corrected chi connectivity index (χ4v) is 1.62. The fraction of sp³-hybridized carbons (Fsp3) is 0.273. The molecule has 0 aliphatic heterocycles. The summed E-state index contributed by atoms with van der Waals surface area (Å²) in [6.07, 6.45) is 3.23. The Morgan fingerprint density at radius 1 is 1.31 bits per heavy atom. The van der Waals surface area contributed by atoms with Gasteiger partial charge in [-0.15, -0.1) is 0 Å². The fourth-order valence-electron chi connectivity index (χ4n) is 1.14. The highest BCUT2D eigenvalue weighted by molar-refractivity contribution is 14.1. The smallest absolute Gasteiger partial charge is 0.0731 e. The monoisotopic (exact) mass is 288 g/mol. The first-order chi connectivity index (χ1) is 6.33. The van der Waals surface area contributed by atoms with Gasteiger partial charge in [0.2, 0.25) is 0 Å². The lowest BCUT2D eigenvalue weighted by atomic mass is 10.1. The van der Waals surface area contributed by atoms with Gasteiger partial charge in [-0.3, -0.25) is 0 Å². The van der Waals surface area contributed by atoms with Crippen LogP contribution in [0.4, 0.5) is 0 Å². The van der Waals surface area contributed by atoms with Crippen molar-refractivity contribution in [3.05, 3.63) is 46.1 Å². The highest BCUT2D eigenvalue weighted by Crippen LogP contribution is 2.06. The number of rotatable bonds is 4. The van der Waals surface area contributed by atoms with Crippen molar-refractivity contribution in [2.45, 2.75) is 18.9 Å². The Morgan fingerprint density at radius 2 is 2.00 bits per heavy atom. The minimum absolute atomic E-state index is 0.308. The molecule has 0 aliphatic rings. The number of aliphatic hydroxyl groups excluding tert-OH is 1. The standard InChI is InChI=1S/C11H13IO/c12-9-8-11(13)7-6-10-4-2-1-3-5-10/h1-5,8-9,11,13H,6-7H2. The lowest BCUT2D eigenvalue weighted by Crippen LogP contribution is -2.03. The van der Waals surface area contributed by atoms with Crippen molar-refractivity contribution in [3.8, 4) is 0 Å². The second kappa shape index (κ2) is 6.16. The lowest BCUT2D eigenvalue weighted by Gasteiger charge is -2.04. The van der Waals surface area contributed by atoms with Gasteiger partial charge < -0.3 is 5.11 Å². The van der Waals surface area contributed by atoms with E-state index in [1.165, 1.54) is 5.56 Å². The van der Waals surface area contributed by atoms with Crippen molar-refractivity contribution in [2.75, 3.05) is 0 Å². The molecule has 0 heterocycles. The number of hydrogen-bond acceptors (Lipinski definition) is 1. The molecule has 0 spiro atoms. The number of hydrogen-bond donors (Lipinski definition) is 1. The van der Waals surface area contributed by atoms with Crippen LogP contribution in [0.5, 0.6) is 0 Å². The van der Waals surface area contributed by atoms with Gasteiger partial charge in [0.25, 0.3) is 0 Å². The molecule has 70 valence electrons. The van der Waals surface area contributed by atoms with E-state index in [0.29, 0.717) is 0 Å². The van der Waals surface area contributed by atoms with Crippen molar-refractivity contribution >= 4 is 22.6 Å². The molecule has 1 unspecified atom stereocenters. The van der Waals surface area contributed by atoms with Gasteiger partial charge in [-0.05, 0) is 22.5 Å². The Balaban J connectivity index is 2.35. The molecule has 1 rings (SSSR count). The number of aryl methyl sites for hydroxylation is 1. The van der Waals surface area contributed by atoms with Gasteiger partial charge in [0.05, 0.1) is 6.10 Å². The van der Waals surface area contributed by atoms with Crippen molar-refractivity contribution < 1.29 is 5.11 Å². The number of halogens is 1. The molecule has 0 radical (unpaired) electrons. The third-order valence-corrected chi connectivity index (χ3v) is 2.28. The second-order valence-electron chi connectivity index (χ2n) is 2.91. The van der Waals surface area contributed by atoms with E-state index < -0.39 is 0 Å². The van der Waals surface area contributed by atoms with Crippen LogP contribution in [0.15, 0.2) is 40.5 Å². The summed E-state index contributed by atoms with van der Waals surface area (Å²) >= 11 is 2.12. The van der Waals surface area contributed by atoms with Crippen LogP contribution in [-0.4, -0.2) is 11.2 Å². The minimum Gasteiger partial charge on any atom is -0.389 e. The van der Waals surface area contributed by atoms with Gasteiger partial charge >= 0.3 is 0 Å². The molecule has 0 amide bonds. The van der Waals surface area contributed by atoms with Crippen molar-refractivity contribution in [2.24, 2.45) is 0 Å². The molecule has 0 aliphatic carbocycles. The summed E-state index contributed by atoms with van der Waals surface area (Å²) in [6, 6.07) is 10.2. The van der Waals surface area contributed by atoms with Crippen LogP contribution < -0.4 is 0 Å². The van der Waals surface area contributed by atoms with Crippen molar-refractivity contribution in [1.29, 1.82) is 0 Å². The highest BCUT2D eigenvalue weighted by Gasteiger charge is 1.98. The van der Waals surface area contributed by atoms with E-state index in [2.05, 4.69) is 34.7 Å². The van der Waals surface area contributed by atoms with E-state index in [4.69, 9.17) is 0 Å². The van der Waals surface area contributed by atoms with E-state index in [0.717, 1.165) is 12.8 Å². The largest absolute Gasteiger partial charge is 0.389 e. The molecule has 0 saturated heterocycles. The molecular formula is C11H13IO. The Labute approximate surface area is 92.6 Å². The van der Waals surface area contributed by atoms with E-state index in [9.17, 15) is 5.11 Å². The van der Waals surface area contributed by atoms with Gasteiger partial charge in [0.15, 0.2) is 0 Å². The molecule has 2 heteroatoms. The summed E-state index contributed by atoms with van der Waals surface area (Å²) in [7, 11) is 0. The van der Waals surface area contributed by atoms with Gasteiger partial charge in [0, 0.05) is 0 Å². The van der Waals surface area contributed by atoms with E-state index in [1.807, 2.05) is 28.4 Å². The summed E-state index contributed by atoms with van der Waals surface area (Å²) in [5, 5.41) is 9.42. The SMILES string of the molecule is OC(C=CI)CCc1ccccc1. The zero-order valence-corrected chi connectivity index (χ0v) is 9.52. The zero-order chi connectivity index (χ0) is 9.52. The molecule has 0 saturated carbocycles. The van der Waals surface area contributed by atoms with Crippen molar-refractivity contribution in [3.63, 3.8) is 0 Å². The van der Waals surface area contributed by atoms with E-state index >= 15 is 0 Å². The Kier molecular flexibility index (Phi) is 5.08. The molecular weight excluding hydrogens is 275 g/mol. The predicted octanol–water partition coefficient (Wildman–Crippen LogP) is 2.93. The lowest BCUT2D eigenvalue weighted by molar-refractivity contribution is 0.213. The third-order valence-electron chi connectivity index (χ3n) is 1.87. The average Bonchev–Trinajstić information content (AvgIpc) is 2.17.